The molecular formula is C31H41F3O. The molecule has 0 spiro atoms. The standard InChI is InChI=1S/C29H37F3O.C2H4/c1-11-17-33-26(10)29(32)28(31)25(9)22(6)16-15-21(5)24(8)27(30)18-23(7)20(4)14-13-19(3)12-2;1-2/h14-16,18-19H,5-13,17H2,1-4H3;1-2H2/b16-15-,20-14+,27-18+,29-28-;. The lowest BCUT2D eigenvalue weighted by Crippen LogP contribution is -1.97. The van der Waals surface area contributed by atoms with Crippen LogP contribution in [0, 0.1) is 5.92 Å². The van der Waals surface area contributed by atoms with Crippen LogP contribution in [-0.2, 0) is 4.74 Å². The molecule has 0 bridgehead atoms. The molecule has 192 valence electrons. The van der Waals surface area contributed by atoms with Crippen molar-refractivity contribution in [3.63, 3.8) is 0 Å². The maximum Gasteiger partial charge on any atom is 0.200 e. The smallest absolute Gasteiger partial charge is 0.200 e. The van der Waals surface area contributed by atoms with Gasteiger partial charge >= 0.3 is 0 Å². The topological polar surface area (TPSA) is 9.23 Å². The average molecular weight is 487 g/mol. The molecule has 0 aromatic heterocycles. The Bertz CT molecular complexity index is 938. The molecule has 0 aromatic rings. The Hall–Kier alpha value is -3.27. The quantitative estimate of drug-likeness (QED) is 0.127. The molecule has 1 atom stereocenters. The fourth-order valence-electron chi connectivity index (χ4n) is 2.27. The summed E-state index contributed by atoms with van der Waals surface area (Å²) in [5, 5.41) is 0. The summed E-state index contributed by atoms with van der Waals surface area (Å²) in [5.41, 5.74) is 1.52. The summed E-state index contributed by atoms with van der Waals surface area (Å²) >= 11 is 0. The highest BCUT2D eigenvalue weighted by Crippen LogP contribution is 2.28. The van der Waals surface area contributed by atoms with Crippen molar-refractivity contribution in [2.75, 3.05) is 6.61 Å². The summed E-state index contributed by atoms with van der Waals surface area (Å²) in [4.78, 5) is 0. The Balaban J connectivity index is 0. The molecule has 0 aliphatic heterocycles. The van der Waals surface area contributed by atoms with Gasteiger partial charge in [0, 0.05) is 11.1 Å². The van der Waals surface area contributed by atoms with E-state index in [-0.39, 0.29) is 28.9 Å². The van der Waals surface area contributed by atoms with E-state index in [2.05, 4.69) is 66.5 Å². The van der Waals surface area contributed by atoms with Crippen molar-refractivity contribution in [2.45, 2.75) is 47.0 Å². The predicted octanol–water partition coefficient (Wildman–Crippen LogP) is 10.5. The zero-order valence-electron chi connectivity index (χ0n) is 21.9. The lowest BCUT2D eigenvalue weighted by atomic mass is 9.99. The Morgan fingerprint density at radius 1 is 0.829 bits per heavy atom. The van der Waals surface area contributed by atoms with Gasteiger partial charge in [-0.2, -0.15) is 4.39 Å². The second-order valence-electron chi connectivity index (χ2n) is 7.89. The first-order valence-corrected chi connectivity index (χ1v) is 11.4. The van der Waals surface area contributed by atoms with Gasteiger partial charge in [0.1, 0.15) is 5.83 Å². The number of hydrogen-bond donors (Lipinski definition) is 0. The minimum absolute atomic E-state index is 0.0454. The summed E-state index contributed by atoms with van der Waals surface area (Å²) in [6, 6.07) is 0. The molecule has 1 unspecified atom stereocenters. The molecule has 0 radical (unpaired) electrons. The van der Waals surface area contributed by atoms with Crippen molar-refractivity contribution in [1.82, 2.24) is 0 Å². The Labute approximate surface area is 211 Å². The van der Waals surface area contributed by atoms with Gasteiger partial charge in [0.05, 0.1) is 6.61 Å². The summed E-state index contributed by atoms with van der Waals surface area (Å²) in [7, 11) is 0. The van der Waals surface area contributed by atoms with Crippen LogP contribution in [0.4, 0.5) is 13.2 Å². The third kappa shape index (κ3) is 12.7. The van der Waals surface area contributed by atoms with Gasteiger partial charge in [0.2, 0.25) is 5.83 Å². The van der Waals surface area contributed by atoms with E-state index in [0.29, 0.717) is 17.9 Å². The van der Waals surface area contributed by atoms with Crippen LogP contribution in [0.5, 0.6) is 0 Å². The number of ether oxygens (including phenoxy) is 1. The third-order valence-electron chi connectivity index (χ3n) is 5.06. The van der Waals surface area contributed by atoms with E-state index in [9.17, 15) is 13.2 Å². The van der Waals surface area contributed by atoms with Gasteiger partial charge in [-0.3, -0.25) is 0 Å². The Morgan fingerprint density at radius 2 is 1.34 bits per heavy atom. The molecule has 0 fully saturated rings. The molecule has 0 N–H and O–H groups in total. The maximum absolute atomic E-state index is 14.6. The highest BCUT2D eigenvalue weighted by molar-refractivity contribution is 5.54. The van der Waals surface area contributed by atoms with Crippen LogP contribution in [0.25, 0.3) is 0 Å². The zero-order valence-corrected chi connectivity index (χ0v) is 21.9. The van der Waals surface area contributed by atoms with Crippen LogP contribution in [0.15, 0.2) is 134 Å². The van der Waals surface area contributed by atoms with Crippen molar-refractivity contribution in [1.29, 1.82) is 0 Å². The van der Waals surface area contributed by atoms with Gasteiger partial charge in [0.25, 0.3) is 0 Å². The molecule has 35 heavy (non-hydrogen) atoms. The van der Waals surface area contributed by atoms with Gasteiger partial charge in [-0.05, 0) is 54.1 Å². The van der Waals surface area contributed by atoms with E-state index in [1.807, 2.05) is 19.9 Å². The van der Waals surface area contributed by atoms with Gasteiger partial charge < -0.3 is 4.74 Å². The van der Waals surface area contributed by atoms with E-state index in [1.165, 1.54) is 18.2 Å². The molecule has 1 nitrogen and oxygen atoms in total. The fourth-order valence-corrected chi connectivity index (χ4v) is 2.27. The van der Waals surface area contributed by atoms with Crippen LogP contribution < -0.4 is 0 Å². The first-order chi connectivity index (χ1) is 16.4. The molecule has 0 rings (SSSR count). The molecule has 0 aliphatic rings. The molecule has 0 heterocycles. The zero-order chi connectivity index (χ0) is 27.7. The van der Waals surface area contributed by atoms with Gasteiger partial charge in [-0.15, -0.1) is 13.2 Å². The van der Waals surface area contributed by atoms with Gasteiger partial charge in [0.15, 0.2) is 11.6 Å². The summed E-state index contributed by atoms with van der Waals surface area (Å²) < 4.78 is 48.1. The normalized spacial score (nSPS) is 13.2. The van der Waals surface area contributed by atoms with Gasteiger partial charge in [-0.1, -0.05) is 84.9 Å². The molecular weight excluding hydrogens is 445 g/mol. The van der Waals surface area contributed by atoms with Crippen molar-refractivity contribution >= 4 is 0 Å². The Morgan fingerprint density at radius 3 is 1.83 bits per heavy atom. The minimum atomic E-state index is -1.24. The Kier molecular flexibility index (Phi) is 17.5. The van der Waals surface area contributed by atoms with E-state index >= 15 is 0 Å². The molecule has 4 heteroatoms. The summed E-state index contributed by atoms with van der Waals surface area (Å²) in [5.74, 6) is -2.92. The van der Waals surface area contributed by atoms with Crippen LogP contribution in [0.2, 0.25) is 0 Å². The number of hydrogen-bond acceptors (Lipinski definition) is 1. The summed E-state index contributed by atoms with van der Waals surface area (Å²) in [6.07, 6.45) is 8.69. The van der Waals surface area contributed by atoms with Crippen LogP contribution in [0.1, 0.15) is 47.0 Å². The van der Waals surface area contributed by atoms with Crippen LogP contribution in [0.3, 0.4) is 0 Å². The highest BCUT2D eigenvalue weighted by atomic mass is 19.2. The van der Waals surface area contributed by atoms with Crippen molar-refractivity contribution in [2.24, 2.45) is 5.92 Å². The van der Waals surface area contributed by atoms with Crippen LogP contribution >= 0.6 is 0 Å². The van der Waals surface area contributed by atoms with E-state index in [4.69, 9.17) is 4.74 Å². The number of halogens is 3. The SMILES string of the molecule is C=C.C=C(/C=C\C(=C)C(=C)/C(F)=C\C(=C)/C(C)=C/CC(C)CC)C(=C)/C(F)=C(/F)C(=C)OCCC. The lowest BCUT2D eigenvalue weighted by molar-refractivity contribution is 0.208. The largest absolute Gasteiger partial charge is 0.491 e. The second-order valence-corrected chi connectivity index (χ2v) is 7.89. The monoisotopic (exact) mass is 486 g/mol. The van der Waals surface area contributed by atoms with E-state index in [1.54, 1.807) is 0 Å². The molecule has 0 saturated heterocycles. The molecule has 0 aliphatic carbocycles. The van der Waals surface area contributed by atoms with E-state index in [0.717, 1.165) is 18.4 Å². The third-order valence-corrected chi connectivity index (χ3v) is 5.06. The molecule has 0 aromatic carbocycles. The first kappa shape index (κ1) is 33.9. The van der Waals surface area contributed by atoms with Crippen molar-refractivity contribution in [3.8, 4) is 0 Å². The maximum atomic E-state index is 14.6. The lowest BCUT2D eigenvalue weighted by Gasteiger charge is -2.09. The minimum Gasteiger partial charge on any atom is -0.491 e. The highest BCUT2D eigenvalue weighted by Gasteiger charge is 2.15. The van der Waals surface area contributed by atoms with E-state index < -0.39 is 23.2 Å². The average Bonchev–Trinajstić information content (AvgIpc) is 2.87. The first-order valence-electron chi connectivity index (χ1n) is 11.4. The summed E-state index contributed by atoms with van der Waals surface area (Å²) in [6.45, 7) is 36.1. The molecule has 0 saturated carbocycles. The predicted molar refractivity (Wildman–Crippen MR) is 148 cm³/mol. The van der Waals surface area contributed by atoms with Crippen LogP contribution in [-0.4, -0.2) is 6.61 Å². The number of rotatable bonds is 15. The number of allylic oxidation sites excluding steroid dienone is 13. The molecule has 0 amide bonds. The van der Waals surface area contributed by atoms with Crippen molar-refractivity contribution < 1.29 is 17.9 Å². The van der Waals surface area contributed by atoms with Crippen molar-refractivity contribution in [3.05, 3.63) is 134 Å². The fraction of sp³-hybridized carbons (Fsp3) is 0.290. The second kappa shape index (κ2) is 18.1. The van der Waals surface area contributed by atoms with Gasteiger partial charge in [-0.25, -0.2) is 8.78 Å².